The van der Waals surface area contributed by atoms with Crippen molar-refractivity contribution in [2.75, 3.05) is 20.1 Å². The number of hydrogen-bond acceptors (Lipinski definition) is 5. The summed E-state index contributed by atoms with van der Waals surface area (Å²) in [6, 6.07) is 18.2. The van der Waals surface area contributed by atoms with Gasteiger partial charge in [0.05, 0.1) is 11.0 Å². The van der Waals surface area contributed by atoms with Crippen LogP contribution < -0.4 is 5.32 Å². The Bertz CT molecular complexity index is 1520. The zero-order valence-corrected chi connectivity index (χ0v) is 26.4. The van der Waals surface area contributed by atoms with E-state index in [1.54, 1.807) is 24.3 Å². The zero-order valence-electron chi connectivity index (χ0n) is 24.1. The SMILES string of the molecule is CN(C[C@H](O)CNC(C)(C)CC1Cc2ccccc2C1)S(=O)(=O)c1ccc(-c2ccc(CCC(=O)O)cc2Cl)c(Cl)c1. The number of nitrogens with zero attached hydrogens (tertiary/aromatic N) is 1. The van der Waals surface area contributed by atoms with Crippen LogP contribution in [0.15, 0.2) is 65.6 Å². The summed E-state index contributed by atoms with van der Waals surface area (Å²) in [6.45, 7) is 4.40. The maximum atomic E-state index is 13.3. The van der Waals surface area contributed by atoms with Gasteiger partial charge in [0, 0.05) is 53.3 Å². The number of β-amino-alcohol motifs (C(OH)–C–C–N with tert-alkyl or cyclic N) is 1. The van der Waals surface area contributed by atoms with E-state index >= 15 is 0 Å². The van der Waals surface area contributed by atoms with Gasteiger partial charge in [0.2, 0.25) is 10.0 Å². The number of hydrogen-bond donors (Lipinski definition) is 3. The number of aliphatic carboxylic acids is 1. The number of carbonyl (C=O) groups is 1. The second-order valence-electron chi connectivity index (χ2n) is 11.8. The molecule has 0 unspecified atom stereocenters. The Labute approximate surface area is 258 Å². The molecular weight excluding hydrogens is 595 g/mol. The molecule has 0 aliphatic heterocycles. The highest BCUT2D eigenvalue weighted by atomic mass is 35.5. The van der Waals surface area contributed by atoms with Gasteiger partial charge in [-0.05, 0) is 80.3 Å². The van der Waals surface area contributed by atoms with Gasteiger partial charge in [0.25, 0.3) is 0 Å². The summed E-state index contributed by atoms with van der Waals surface area (Å²) >= 11 is 13.0. The topological polar surface area (TPSA) is 107 Å². The van der Waals surface area contributed by atoms with Crippen LogP contribution in [0.1, 0.15) is 43.4 Å². The summed E-state index contributed by atoms with van der Waals surface area (Å²) < 4.78 is 27.7. The minimum absolute atomic E-state index is 0.00522. The summed E-state index contributed by atoms with van der Waals surface area (Å²) in [7, 11) is -2.48. The maximum absolute atomic E-state index is 13.3. The minimum atomic E-state index is -3.92. The molecule has 1 aliphatic rings. The van der Waals surface area contributed by atoms with Crippen LogP contribution in [0.25, 0.3) is 11.1 Å². The predicted molar refractivity (Wildman–Crippen MR) is 168 cm³/mol. The fourth-order valence-electron chi connectivity index (χ4n) is 5.68. The molecule has 42 heavy (non-hydrogen) atoms. The number of aliphatic hydroxyl groups excluding tert-OH is 1. The van der Waals surface area contributed by atoms with Crippen molar-refractivity contribution in [2.45, 2.75) is 62.5 Å². The second kappa shape index (κ2) is 13.5. The van der Waals surface area contributed by atoms with Gasteiger partial charge in [-0.1, -0.05) is 65.7 Å². The van der Waals surface area contributed by atoms with E-state index < -0.39 is 22.1 Å². The lowest BCUT2D eigenvalue weighted by molar-refractivity contribution is -0.136. The number of fused-ring (bicyclic) bond motifs is 1. The summed E-state index contributed by atoms with van der Waals surface area (Å²) in [6.07, 6.45) is 2.49. The van der Waals surface area contributed by atoms with Crippen molar-refractivity contribution in [3.05, 3.63) is 87.4 Å². The van der Waals surface area contributed by atoms with E-state index in [1.165, 1.54) is 30.3 Å². The van der Waals surface area contributed by atoms with E-state index in [-0.39, 0.29) is 35.0 Å². The number of benzene rings is 3. The average Bonchev–Trinajstić information content (AvgIpc) is 3.32. The molecule has 1 aliphatic carbocycles. The highest BCUT2D eigenvalue weighted by molar-refractivity contribution is 7.89. The van der Waals surface area contributed by atoms with Crippen molar-refractivity contribution in [1.82, 2.24) is 9.62 Å². The third-order valence-electron chi connectivity index (χ3n) is 7.82. The minimum Gasteiger partial charge on any atom is -0.481 e. The lowest BCUT2D eigenvalue weighted by Crippen LogP contribution is -2.47. The number of aryl methyl sites for hydroxylation is 1. The third-order valence-corrected chi connectivity index (χ3v) is 10.3. The first-order chi connectivity index (χ1) is 19.7. The summed E-state index contributed by atoms with van der Waals surface area (Å²) in [5.41, 5.74) is 4.56. The Morgan fingerprint density at radius 2 is 1.62 bits per heavy atom. The van der Waals surface area contributed by atoms with Crippen LogP contribution in [0, 0.1) is 5.92 Å². The number of carboxylic acids is 1. The second-order valence-corrected chi connectivity index (χ2v) is 14.7. The van der Waals surface area contributed by atoms with Crippen LogP contribution >= 0.6 is 23.2 Å². The van der Waals surface area contributed by atoms with Crippen LogP contribution in [0.3, 0.4) is 0 Å². The van der Waals surface area contributed by atoms with Gasteiger partial charge in [-0.25, -0.2) is 8.42 Å². The maximum Gasteiger partial charge on any atom is 0.303 e. The smallest absolute Gasteiger partial charge is 0.303 e. The molecule has 4 rings (SSSR count). The van der Waals surface area contributed by atoms with E-state index in [1.807, 2.05) is 0 Å². The highest BCUT2D eigenvalue weighted by Crippen LogP contribution is 2.36. The number of carboxylic acid groups (broad SMARTS) is 1. The van der Waals surface area contributed by atoms with Crippen LogP contribution in [0.2, 0.25) is 10.0 Å². The molecule has 0 radical (unpaired) electrons. The molecule has 0 spiro atoms. The van der Waals surface area contributed by atoms with Crippen LogP contribution in [0.5, 0.6) is 0 Å². The largest absolute Gasteiger partial charge is 0.481 e. The summed E-state index contributed by atoms with van der Waals surface area (Å²) in [5.74, 6) is -0.360. The van der Waals surface area contributed by atoms with Crippen molar-refractivity contribution in [1.29, 1.82) is 0 Å². The van der Waals surface area contributed by atoms with Gasteiger partial charge in [-0.15, -0.1) is 0 Å². The molecule has 0 fully saturated rings. The van der Waals surface area contributed by atoms with E-state index in [0.29, 0.717) is 28.5 Å². The van der Waals surface area contributed by atoms with Crippen LogP contribution in [-0.2, 0) is 34.1 Å². The van der Waals surface area contributed by atoms with Gasteiger partial charge in [-0.2, -0.15) is 4.31 Å². The predicted octanol–water partition coefficient (Wildman–Crippen LogP) is 5.83. The molecule has 0 saturated heterocycles. The third kappa shape index (κ3) is 8.13. The number of aliphatic hydroxyl groups is 1. The van der Waals surface area contributed by atoms with Crippen LogP contribution in [-0.4, -0.2) is 60.7 Å². The fourth-order valence-corrected chi connectivity index (χ4v) is 7.57. The number of nitrogens with one attached hydrogen (secondary N) is 1. The monoisotopic (exact) mass is 632 g/mol. The highest BCUT2D eigenvalue weighted by Gasteiger charge is 2.29. The number of likely N-dealkylation sites (N-methyl/N-ethyl adjacent to an activating group) is 1. The van der Waals surface area contributed by atoms with Crippen molar-refractivity contribution in [3.63, 3.8) is 0 Å². The first kappa shape index (κ1) is 32.5. The molecule has 0 aromatic heterocycles. The summed E-state index contributed by atoms with van der Waals surface area (Å²) in [5, 5.41) is 23.7. The number of sulfonamides is 1. The molecule has 3 aromatic carbocycles. The van der Waals surface area contributed by atoms with E-state index in [4.69, 9.17) is 28.3 Å². The summed E-state index contributed by atoms with van der Waals surface area (Å²) in [4.78, 5) is 10.9. The lowest BCUT2D eigenvalue weighted by Gasteiger charge is -2.31. The number of halogens is 2. The van der Waals surface area contributed by atoms with Crippen LogP contribution in [0.4, 0.5) is 0 Å². The molecule has 3 N–H and O–H groups in total. The van der Waals surface area contributed by atoms with E-state index in [2.05, 4.69) is 43.4 Å². The molecular formula is C32H38Cl2N2O5S. The van der Waals surface area contributed by atoms with Crippen molar-refractivity contribution in [3.8, 4) is 11.1 Å². The van der Waals surface area contributed by atoms with Crippen molar-refractivity contribution < 1.29 is 23.4 Å². The van der Waals surface area contributed by atoms with Gasteiger partial charge in [0.1, 0.15) is 0 Å². The van der Waals surface area contributed by atoms with Gasteiger partial charge >= 0.3 is 5.97 Å². The number of rotatable bonds is 13. The Kier molecular flexibility index (Phi) is 10.4. The van der Waals surface area contributed by atoms with Gasteiger partial charge in [0.15, 0.2) is 0 Å². The first-order valence-corrected chi connectivity index (χ1v) is 16.2. The van der Waals surface area contributed by atoms with E-state index in [0.717, 1.165) is 29.1 Å². The molecule has 0 amide bonds. The Balaban J connectivity index is 1.34. The molecule has 10 heteroatoms. The zero-order chi connectivity index (χ0) is 30.7. The van der Waals surface area contributed by atoms with E-state index in [9.17, 15) is 18.3 Å². The van der Waals surface area contributed by atoms with Crippen molar-refractivity contribution in [2.24, 2.45) is 5.92 Å². The van der Waals surface area contributed by atoms with Crippen molar-refractivity contribution >= 4 is 39.2 Å². The normalized spacial score (nSPS) is 14.7. The Morgan fingerprint density at radius 1 is 1.02 bits per heavy atom. The van der Waals surface area contributed by atoms with Gasteiger partial charge in [-0.3, -0.25) is 4.79 Å². The standard InChI is InChI=1S/C32H38Cl2N2O5S/c1-32(2,18-22-14-23-6-4-5-7-24(23)15-22)35-19-25(37)20-36(3)42(40,41)26-10-12-28(30(34)17-26)27-11-8-21(16-29(27)33)9-13-31(38)39/h4-8,10-12,16-17,22,25,35,37H,9,13-15,18-20H2,1-3H3,(H,38,39)/t25-/m1/s1. The Morgan fingerprint density at radius 3 is 2.19 bits per heavy atom. The average molecular weight is 634 g/mol. The quantitative estimate of drug-likeness (QED) is 0.219. The molecule has 7 nitrogen and oxygen atoms in total. The molecule has 0 bridgehead atoms. The molecule has 0 heterocycles. The fraction of sp³-hybridized carbons (Fsp3) is 0.406. The molecule has 0 saturated carbocycles. The molecule has 3 aromatic rings. The van der Waals surface area contributed by atoms with Gasteiger partial charge < -0.3 is 15.5 Å². The lowest BCUT2D eigenvalue weighted by atomic mass is 9.88. The Hall–Kier alpha value is -2.46. The molecule has 226 valence electrons. The first-order valence-electron chi connectivity index (χ1n) is 14.0. The molecule has 1 atom stereocenters.